The highest BCUT2D eigenvalue weighted by Crippen LogP contribution is 2.31. The highest BCUT2D eigenvalue weighted by molar-refractivity contribution is 7.09. The third-order valence-corrected chi connectivity index (χ3v) is 4.96. The molecule has 0 bridgehead atoms. The van der Waals surface area contributed by atoms with Gasteiger partial charge in [-0.1, -0.05) is 11.6 Å². The zero-order valence-corrected chi connectivity index (χ0v) is 14.7. The van der Waals surface area contributed by atoms with Gasteiger partial charge in [-0.15, -0.1) is 11.3 Å². The maximum absolute atomic E-state index is 11.9. The minimum Gasteiger partial charge on any atom is -0.390 e. The second-order valence-corrected chi connectivity index (χ2v) is 6.57. The number of halogens is 1. The van der Waals surface area contributed by atoms with E-state index >= 15 is 0 Å². The molecule has 9 heteroatoms. The molecule has 7 nitrogen and oxygen atoms in total. The average Bonchev–Trinajstić information content (AvgIpc) is 3.24. The van der Waals surface area contributed by atoms with Crippen molar-refractivity contribution < 1.29 is 9.90 Å². The molecule has 1 unspecified atom stereocenters. The molecule has 3 heterocycles. The van der Waals surface area contributed by atoms with Crippen LogP contribution >= 0.6 is 22.9 Å². The Balaban J connectivity index is 2.15. The van der Waals surface area contributed by atoms with Crippen molar-refractivity contribution >= 4 is 28.8 Å². The minimum atomic E-state index is -0.564. The maximum atomic E-state index is 11.9. The maximum Gasteiger partial charge on any atom is 0.265 e. The number of primary amides is 1. The predicted molar refractivity (Wildman–Crippen MR) is 96.4 cm³/mol. The molecule has 1 atom stereocenters. The smallest absolute Gasteiger partial charge is 0.265 e. The molecule has 0 saturated heterocycles. The standard InChI is InChI=1S/C16H16ClN5O2S/c17-14-4-1-9(6-20-14)11-2-3-12(15(19)24)22(11)13(5-18)16-21-10(7-23)8-25-16/h1-4,6,8,13,23H,5,7,18H2,(H2,19,24). The minimum absolute atomic E-state index is 0.157. The number of hydrogen-bond acceptors (Lipinski definition) is 6. The summed E-state index contributed by atoms with van der Waals surface area (Å²) < 4.78 is 1.76. The van der Waals surface area contributed by atoms with Crippen LogP contribution < -0.4 is 11.5 Å². The molecule has 0 saturated carbocycles. The number of amides is 1. The molecule has 0 aliphatic carbocycles. The molecule has 5 N–H and O–H groups in total. The summed E-state index contributed by atoms with van der Waals surface area (Å²) >= 11 is 7.23. The fraction of sp³-hybridized carbons (Fsp3) is 0.188. The molecule has 25 heavy (non-hydrogen) atoms. The normalized spacial score (nSPS) is 12.3. The van der Waals surface area contributed by atoms with Crippen molar-refractivity contribution in [2.75, 3.05) is 6.54 Å². The summed E-state index contributed by atoms with van der Waals surface area (Å²) in [5.74, 6) is -0.564. The lowest BCUT2D eigenvalue weighted by Gasteiger charge is -2.20. The molecule has 3 rings (SSSR count). The number of carbonyl (C=O) groups excluding carboxylic acids is 1. The average molecular weight is 378 g/mol. The van der Waals surface area contributed by atoms with Gasteiger partial charge in [-0.2, -0.15) is 0 Å². The van der Waals surface area contributed by atoms with Crippen LogP contribution in [0.5, 0.6) is 0 Å². The van der Waals surface area contributed by atoms with Gasteiger partial charge in [0, 0.05) is 23.7 Å². The Bertz CT molecular complexity index is 890. The number of aromatic nitrogens is 3. The highest BCUT2D eigenvalue weighted by Gasteiger charge is 2.24. The van der Waals surface area contributed by atoms with Crippen molar-refractivity contribution in [1.29, 1.82) is 0 Å². The molecule has 0 spiro atoms. The van der Waals surface area contributed by atoms with E-state index in [1.54, 1.807) is 40.4 Å². The predicted octanol–water partition coefficient (Wildman–Crippen LogP) is 1.80. The molecule has 3 aromatic heterocycles. The molecule has 1 amide bonds. The molecule has 0 aliphatic rings. The van der Waals surface area contributed by atoms with E-state index in [0.29, 0.717) is 21.5 Å². The lowest BCUT2D eigenvalue weighted by atomic mass is 10.2. The van der Waals surface area contributed by atoms with Crippen molar-refractivity contribution in [3.63, 3.8) is 0 Å². The molecule has 130 valence electrons. The van der Waals surface area contributed by atoms with E-state index in [0.717, 1.165) is 11.3 Å². The largest absolute Gasteiger partial charge is 0.390 e. The van der Waals surface area contributed by atoms with Crippen LogP contribution in [-0.4, -0.2) is 32.1 Å². The van der Waals surface area contributed by atoms with Gasteiger partial charge in [0.05, 0.1) is 24.0 Å². The van der Waals surface area contributed by atoms with Crippen LogP contribution in [0.15, 0.2) is 35.8 Å². The Kier molecular flexibility index (Phi) is 5.14. The third kappa shape index (κ3) is 3.42. The van der Waals surface area contributed by atoms with Crippen molar-refractivity contribution in [1.82, 2.24) is 14.5 Å². The number of carbonyl (C=O) groups is 1. The van der Waals surface area contributed by atoms with Gasteiger partial charge in [0.2, 0.25) is 0 Å². The monoisotopic (exact) mass is 377 g/mol. The van der Waals surface area contributed by atoms with Crippen LogP contribution in [0.25, 0.3) is 11.3 Å². The molecule has 0 radical (unpaired) electrons. The van der Waals surface area contributed by atoms with Crippen molar-refractivity contribution in [3.8, 4) is 11.3 Å². The third-order valence-electron chi connectivity index (χ3n) is 3.75. The SMILES string of the molecule is NCC(c1nc(CO)cs1)n1c(C(N)=O)ccc1-c1ccc(Cl)nc1. The summed E-state index contributed by atoms with van der Waals surface area (Å²) in [4.78, 5) is 20.4. The van der Waals surface area contributed by atoms with Crippen LogP contribution in [0.2, 0.25) is 5.15 Å². The lowest BCUT2D eigenvalue weighted by molar-refractivity contribution is 0.0990. The first kappa shape index (κ1) is 17.6. The summed E-state index contributed by atoms with van der Waals surface area (Å²) in [6.07, 6.45) is 1.62. The van der Waals surface area contributed by atoms with Gasteiger partial charge in [0.1, 0.15) is 15.9 Å². The second kappa shape index (κ2) is 7.32. The Morgan fingerprint density at radius 3 is 2.72 bits per heavy atom. The molecular weight excluding hydrogens is 362 g/mol. The van der Waals surface area contributed by atoms with Gasteiger partial charge in [-0.25, -0.2) is 9.97 Å². The van der Waals surface area contributed by atoms with E-state index < -0.39 is 11.9 Å². The fourth-order valence-corrected chi connectivity index (χ4v) is 3.64. The van der Waals surface area contributed by atoms with Gasteiger partial charge < -0.3 is 21.1 Å². The zero-order chi connectivity index (χ0) is 18.0. The van der Waals surface area contributed by atoms with Crippen molar-refractivity contribution in [3.05, 3.63) is 57.4 Å². The van der Waals surface area contributed by atoms with E-state index in [2.05, 4.69) is 9.97 Å². The number of aliphatic hydroxyl groups is 1. The number of rotatable bonds is 6. The van der Waals surface area contributed by atoms with Crippen LogP contribution in [0, 0.1) is 0 Å². The van der Waals surface area contributed by atoms with Gasteiger partial charge in [-0.3, -0.25) is 4.79 Å². The topological polar surface area (TPSA) is 120 Å². The van der Waals surface area contributed by atoms with Crippen LogP contribution in [0.3, 0.4) is 0 Å². The van der Waals surface area contributed by atoms with E-state index in [4.69, 9.17) is 23.1 Å². The molecule has 0 fully saturated rings. The summed E-state index contributed by atoms with van der Waals surface area (Å²) in [6.45, 7) is 0.0530. The molecule has 0 aliphatic heterocycles. The fourth-order valence-electron chi connectivity index (χ4n) is 2.61. The highest BCUT2D eigenvalue weighted by atomic mass is 35.5. The van der Waals surface area contributed by atoms with Gasteiger partial charge >= 0.3 is 0 Å². The summed E-state index contributed by atoms with van der Waals surface area (Å²) in [6, 6.07) is 6.51. The van der Waals surface area contributed by atoms with Crippen LogP contribution in [0.1, 0.15) is 27.2 Å². The number of nitrogens with zero attached hydrogens (tertiary/aromatic N) is 3. The van der Waals surface area contributed by atoms with Gasteiger partial charge in [0.25, 0.3) is 5.91 Å². The first-order chi connectivity index (χ1) is 12.0. The molecule has 3 aromatic rings. The number of thiazole rings is 1. The van der Waals surface area contributed by atoms with Crippen molar-refractivity contribution in [2.45, 2.75) is 12.6 Å². The Hall–Kier alpha value is -2.26. The van der Waals surface area contributed by atoms with E-state index in [1.165, 1.54) is 11.3 Å². The Morgan fingerprint density at radius 2 is 2.16 bits per heavy atom. The quantitative estimate of drug-likeness (QED) is 0.566. The molecule has 0 aromatic carbocycles. The van der Waals surface area contributed by atoms with Crippen LogP contribution in [0.4, 0.5) is 0 Å². The Labute approximate surface area is 152 Å². The van der Waals surface area contributed by atoms with E-state index in [9.17, 15) is 9.90 Å². The first-order valence-electron chi connectivity index (χ1n) is 7.43. The van der Waals surface area contributed by atoms with E-state index in [1.807, 2.05) is 0 Å². The van der Waals surface area contributed by atoms with Gasteiger partial charge in [0.15, 0.2) is 0 Å². The summed E-state index contributed by atoms with van der Waals surface area (Å²) in [7, 11) is 0. The second-order valence-electron chi connectivity index (χ2n) is 5.29. The molecular formula is C16H16ClN5O2S. The number of aliphatic hydroxyl groups excluding tert-OH is 1. The zero-order valence-electron chi connectivity index (χ0n) is 13.1. The van der Waals surface area contributed by atoms with Crippen LogP contribution in [-0.2, 0) is 6.61 Å². The first-order valence-corrected chi connectivity index (χ1v) is 8.69. The summed E-state index contributed by atoms with van der Waals surface area (Å²) in [5, 5.41) is 12.1. The number of pyridine rings is 1. The number of nitrogens with two attached hydrogens (primary N) is 2. The Morgan fingerprint density at radius 1 is 1.36 bits per heavy atom. The van der Waals surface area contributed by atoms with E-state index in [-0.39, 0.29) is 13.2 Å². The number of hydrogen-bond donors (Lipinski definition) is 3. The van der Waals surface area contributed by atoms with Crippen molar-refractivity contribution in [2.24, 2.45) is 11.5 Å². The summed E-state index contributed by atoms with van der Waals surface area (Å²) in [5.41, 5.74) is 13.9. The lowest BCUT2D eigenvalue weighted by Crippen LogP contribution is -2.26. The van der Waals surface area contributed by atoms with Gasteiger partial charge in [-0.05, 0) is 24.3 Å².